The van der Waals surface area contributed by atoms with Gasteiger partial charge in [-0.05, 0) is 0 Å². The van der Waals surface area contributed by atoms with Crippen LogP contribution >= 0.6 is 0 Å². The number of para-hydroxylation sites is 1. The van der Waals surface area contributed by atoms with Crippen molar-refractivity contribution in [3.05, 3.63) is 29.8 Å². The van der Waals surface area contributed by atoms with E-state index in [2.05, 4.69) is 6.07 Å². The van der Waals surface area contributed by atoms with E-state index in [1.165, 1.54) is 0 Å². The van der Waals surface area contributed by atoms with Crippen LogP contribution in [0, 0.1) is 6.07 Å². The summed E-state index contributed by atoms with van der Waals surface area (Å²) in [5.74, 6) is 1.55. The minimum Gasteiger partial charge on any atom is -0.507 e. The molecule has 0 aromatic heterocycles. The number of phenolic OH excluding ortho intramolecular Hbond substituents is 1. The fourth-order valence-corrected chi connectivity index (χ4v) is 0.621. The summed E-state index contributed by atoms with van der Waals surface area (Å²) in [7, 11) is 0. The van der Waals surface area contributed by atoms with Crippen molar-refractivity contribution in [2.75, 3.05) is 0 Å². The molecule has 0 aliphatic rings. The summed E-state index contributed by atoms with van der Waals surface area (Å²) in [5, 5.41) is 8.98. The molecule has 0 amide bonds. The third-order valence-corrected chi connectivity index (χ3v) is 1.08. The first-order valence-corrected chi connectivity index (χ1v) is 2.75. The molecule has 0 bridgehead atoms. The van der Waals surface area contributed by atoms with Gasteiger partial charge in [-0.1, -0.05) is 18.2 Å². The zero-order valence-electron chi connectivity index (χ0n) is 5.16. The van der Waals surface area contributed by atoms with Crippen molar-refractivity contribution in [1.82, 2.24) is 0 Å². The molecule has 0 unspecified atom stereocenters. The lowest BCUT2D eigenvalue weighted by atomic mass is 10.2. The molecular weight excluding hydrogens is 128 g/mol. The summed E-state index contributed by atoms with van der Waals surface area (Å²) in [6.45, 7) is 0. The number of carbonyl (C=O) groups excluding carboxylic acids is 1. The maximum atomic E-state index is 9.82. The third kappa shape index (κ3) is 1.24. The number of phenols is 1. The Morgan fingerprint density at radius 1 is 1.70 bits per heavy atom. The van der Waals surface area contributed by atoms with Crippen LogP contribution in [0.4, 0.5) is 0 Å². The first-order chi connectivity index (χ1) is 4.84. The number of rotatable bonds is 1. The molecule has 0 aliphatic carbocycles. The van der Waals surface area contributed by atoms with E-state index in [0.717, 1.165) is 6.08 Å². The Labute approximate surface area is 58.4 Å². The number of hydrogen-bond donors (Lipinski definition) is 1. The van der Waals surface area contributed by atoms with E-state index in [0.29, 0.717) is 5.56 Å². The molecule has 1 radical (unpaired) electrons. The molecule has 0 aliphatic heterocycles. The zero-order valence-corrected chi connectivity index (χ0v) is 5.16. The molecule has 0 atom stereocenters. The van der Waals surface area contributed by atoms with Gasteiger partial charge in [-0.15, -0.1) is 0 Å². The van der Waals surface area contributed by atoms with Gasteiger partial charge in [0.05, 0.1) is 0 Å². The number of aromatic hydroxyl groups is 1. The zero-order chi connectivity index (χ0) is 7.40. The minimum atomic E-state index is -0.0224. The van der Waals surface area contributed by atoms with Crippen LogP contribution in [0.1, 0.15) is 5.56 Å². The highest BCUT2D eigenvalue weighted by Gasteiger charge is 1.92. The quantitative estimate of drug-likeness (QED) is 0.581. The van der Waals surface area contributed by atoms with Crippen LogP contribution in [0.5, 0.6) is 5.75 Å². The Hall–Kier alpha value is -1.53. The van der Waals surface area contributed by atoms with Crippen molar-refractivity contribution in [3.8, 4) is 5.75 Å². The fourth-order valence-electron chi connectivity index (χ4n) is 0.621. The summed E-state index contributed by atoms with van der Waals surface area (Å²) >= 11 is 0. The largest absolute Gasteiger partial charge is 0.507 e. The van der Waals surface area contributed by atoms with Gasteiger partial charge in [-0.3, -0.25) is 0 Å². The van der Waals surface area contributed by atoms with E-state index in [1.807, 2.05) is 0 Å². The van der Waals surface area contributed by atoms with E-state index < -0.39 is 0 Å². The number of benzene rings is 1. The molecule has 0 saturated heterocycles. The van der Waals surface area contributed by atoms with Gasteiger partial charge in [0, 0.05) is 17.7 Å². The average molecular weight is 133 g/mol. The lowest BCUT2D eigenvalue weighted by molar-refractivity contribution is 0.473. The topological polar surface area (TPSA) is 37.3 Å². The molecular formula is C8H5O2. The Bertz CT molecular complexity index is 272. The van der Waals surface area contributed by atoms with Crippen molar-refractivity contribution in [2.45, 2.75) is 0 Å². The summed E-state index contributed by atoms with van der Waals surface area (Å²) < 4.78 is 0. The molecule has 1 rings (SSSR count). The second-order valence-electron chi connectivity index (χ2n) is 1.74. The highest BCUT2D eigenvalue weighted by atomic mass is 16.3. The normalized spacial score (nSPS) is 8.40. The van der Waals surface area contributed by atoms with Crippen LogP contribution in [-0.2, 0) is 4.79 Å². The first-order valence-electron chi connectivity index (χ1n) is 2.75. The van der Waals surface area contributed by atoms with Gasteiger partial charge in [0.1, 0.15) is 11.7 Å². The molecule has 49 valence electrons. The highest BCUT2D eigenvalue weighted by molar-refractivity contribution is 5.76. The van der Waals surface area contributed by atoms with Gasteiger partial charge in [-0.2, -0.15) is 0 Å². The van der Waals surface area contributed by atoms with Crippen molar-refractivity contribution in [2.24, 2.45) is 0 Å². The predicted molar refractivity (Wildman–Crippen MR) is 37.1 cm³/mol. The molecule has 2 heteroatoms. The maximum absolute atomic E-state index is 9.82. The van der Waals surface area contributed by atoms with Gasteiger partial charge >= 0.3 is 0 Å². The smallest absolute Gasteiger partial charge is 0.131 e. The van der Waals surface area contributed by atoms with Crippen molar-refractivity contribution in [1.29, 1.82) is 0 Å². The summed E-state index contributed by atoms with van der Waals surface area (Å²) in [6, 6.07) is 7.39. The van der Waals surface area contributed by atoms with E-state index in [1.54, 1.807) is 24.1 Å². The Kier molecular flexibility index (Phi) is 1.88. The molecule has 2 nitrogen and oxygen atoms in total. The molecule has 1 aromatic rings. The van der Waals surface area contributed by atoms with E-state index in [4.69, 9.17) is 5.11 Å². The van der Waals surface area contributed by atoms with E-state index in [9.17, 15) is 4.79 Å². The van der Waals surface area contributed by atoms with E-state index in [-0.39, 0.29) is 5.75 Å². The number of hydrogen-bond acceptors (Lipinski definition) is 2. The monoisotopic (exact) mass is 133 g/mol. The van der Waals surface area contributed by atoms with Gasteiger partial charge in [0.25, 0.3) is 0 Å². The van der Waals surface area contributed by atoms with Gasteiger partial charge < -0.3 is 5.11 Å². The first kappa shape index (κ1) is 6.59. The van der Waals surface area contributed by atoms with Crippen LogP contribution in [0.15, 0.2) is 18.2 Å². The van der Waals surface area contributed by atoms with Crippen molar-refractivity contribution < 1.29 is 9.90 Å². The molecule has 1 aromatic carbocycles. The van der Waals surface area contributed by atoms with Crippen LogP contribution in [0.25, 0.3) is 6.08 Å². The fraction of sp³-hybridized carbons (Fsp3) is 0. The Morgan fingerprint density at radius 3 is 3.10 bits per heavy atom. The van der Waals surface area contributed by atoms with Crippen LogP contribution in [0.3, 0.4) is 0 Å². The van der Waals surface area contributed by atoms with Crippen LogP contribution < -0.4 is 0 Å². The molecule has 10 heavy (non-hydrogen) atoms. The summed E-state index contributed by atoms with van der Waals surface area (Å²) in [5.41, 5.74) is 0.442. The molecule has 1 N–H and O–H groups in total. The predicted octanol–water partition coefficient (Wildman–Crippen LogP) is 1.04. The highest BCUT2D eigenvalue weighted by Crippen LogP contribution is 2.14. The van der Waals surface area contributed by atoms with Gasteiger partial charge in [0.2, 0.25) is 0 Å². The van der Waals surface area contributed by atoms with Crippen LogP contribution in [0.2, 0.25) is 0 Å². The lowest BCUT2D eigenvalue weighted by Crippen LogP contribution is -1.72. The van der Waals surface area contributed by atoms with Crippen molar-refractivity contribution >= 4 is 12.0 Å². The maximum Gasteiger partial charge on any atom is 0.131 e. The second-order valence-corrected chi connectivity index (χ2v) is 1.74. The average Bonchev–Trinajstić information content (AvgIpc) is 1.94. The van der Waals surface area contributed by atoms with Crippen LogP contribution in [-0.4, -0.2) is 11.0 Å². The van der Waals surface area contributed by atoms with Crippen molar-refractivity contribution in [3.63, 3.8) is 0 Å². The minimum absolute atomic E-state index is 0.0224. The Balaban J connectivity index is 3.14. The summed E-state index contributed by atoms with van der Waals surface area (Å²) in [4.78, 5) is 9.82. The van der Waals surface area contributed by atoms with Gasteiger partial charge in [-0.25, -0.2) is 4.79 Å². The SMILES string of the molecule is O=C=Cc1ccc[c]c1O. The summed E-state index contributed by atoms with van der Waals surface area (Å²) in [6.07, 6.45) is 1.16. The lowest BCUT2D eigenvalue weighted by Gasteiger charge is -1.92. The Morgan fingerprint density at radius 2 is 2.50 bits per heavy atom. The second kappa shape index (κ2) is 2.85. The molecule has 0 spiro atoms. The van der Waals surface area contributed by atoms with Gasteiger partial charge in [0.15, 0.2) is 0 Å². The molecule has 0 heterocycles. The standard InChI is InChI=1S/C8H5O2/c9-6-5-7-3-1-2-4-8(7)10/h1-3,5,10H. The third-order valence-electron chi connectivity index (χ3n) is 1.08. The van der Waals surface area contributed by atoms with E-state index >= 15 is 0 Å². The molecule has 0 saturated carbocycles. The molecule has 0 fully saturated rings.